The summed E-state index contributed by atoms with van der Waals surface area (Å²) < 4.78 is 2.20. The molecule has 2 unspecified atom stereocenters. The topological polar surface area (TPSA) is 75.0 Å². The van der Waals surface area contributed by atoms with Gasteiger partial charge in [0, 0.05) is 29.4 Å². The van der Waals surface area contributed by atoms with Crippen molar-refractivity contribution < 1.29 is 5.11 Å². The molecule has 0 spiro atoms. The number of pyridine rings is 1. The molecule has 6 nitrogen and oxygen atoms in total. The number of aliphatic hydroxyl groups is 1. The second-order valence-corrected chi connectivity index (χ2v) is 11.5. The van der Waals surface area contributed by atoms with Crippen LogP contribution < -0.4 is 10.6 Å². The highest BCUT2D eigenvalue weighted by Gasteiger charge is 2.44. The number of nitrogens with one attached hydrogen (secondary N) is 2. The van der Waals surface area contributed by atoms with Crippen LogP contribution in [0.2, 0.25) is 0 Å². The Kier molecular flexibility index (Phi) is 5.64. The van der Waals surface area contributed by atoms with E-state index in [9.17, 15) is 5.11 Å². The molecule has 3 aliphatic rings. The Morgan fingerprint density at radius 3 is 2.71 bits per heavy atom. The number of benzene rings is 1. The molecule has 0 bridgehead atoms. The smallest absolute Gasteiger partial charge is 0.173 e. The zero-order valence-electron chi connectivity index (χ0n) is 20.4. The summed E-state index contributed by atoms with van der Waals surface area (Å²) in [5.74, 6) is 0. The van der Waals surface area contributed by atoms with E-state index in [4.69, 9.17) is 12.6 Å². The van der Waals surface area contributed by atoms with Gasteiger partial charge in [0.25, 0.3) is 0 Å². The van der Waals surface area contributed by atoms with Gasteiger partial charge in [0.2, 0.25) is 0 Å². The van der Waals surface area contributed by atoms with Gasteiger partial charge < -0.3 is 9.67 Å². The van der Waals surface area contributed by atoms with Gasteiger partial charge in [-0.15, -0.1) is 0 Å². The lowest BCUT2D eigenvalue weighted by Crippen LogP contribution is -2.43. The van der Waals surface area contributed by atoms with Crippen molar-refractivity contribution in [1.82, 2.24) is 25.2 Å². The number of hydrogen-bond donors (Lipinski definition) is 4. The number of nitrogens with zero attached hydrogens (tertiary/aromatic N) is 3. The van der Waals surface area contributed by atoms with E-state index in [-0.39, 0.29) is 10.9 Å². The molecule has 1 aliphatic heterocycles. The van der Waals surface area contributed by atoms with Crippen molar-refractivity contribution in [2.75, 3.05) is 6.54 Å². The minimum atomic E-state index is -1.20. The van der Waals surface area contributed by atoms with Gasteiger partial charge in [-0.1, -0.05) is 18.2 Å². The fourth-order valence-electron chi connectivity index (χ4n) is 5.47. The SMILES string of the molecule is Cc1ccc(C2(O)CNC(/C(=C/c3ccc(-n4cnc(C)c4)c4c3CCC4)CC3(S)CC3)N2)nc1. The third kappa shape index (κ3) is 4.47. The minimum Gasteiger partial charge on any atom is -0.369 e. The van der Waals surface area contributed by atoms with Gasteiger partial charge >= 0.3 is 0 Å². The number of hydrogen-bond acceptors (Lipinski definition) is 6. The first kappa shape index (κ1) is 23.0. The van der Waals surface area contributed by atoms with Crippen LogP contribution in [0.3, 0.4) is 0 Å². The standard InChI is InChI=1S/C28H33N5OS/c1-18-6-9-25(29-14-18)28(34)16-30-26(32-28)21(13-27(35)10-11-27)12-20-7-8-24(23-5-3-4-22(20)23)33-15-19(2)31-17-33/h6-9,12,14-15,17,26,30,32,34-35H,3-5,10-11,13,16H2,1-2H3/b21-12+. The molecule has 1 saturated heterocycles. The predicted molar refractivity (Wildman–Crippen MR) is 142 cm³/mol. The molecule has 1 saturated carbocycles. The summed E-state index contributed by atoms with van der Waals surface area (Å²) in [6, 6.07) is 8.37. The van der Waals surface area contributed by atoms with E-state index in [0.717, 1.165) is 43.4 Å². The van der Waals surface area contributed by atoms with Crippen molar-refractivity contribution >= 4 is 18.7 Å². The van der Waals surface area contributed by atoms with E-state index in [1.165, 1.54) is 34.4 Å². The van der Waals surface area contributed by atoms with Crippen LogP contribution in [0.5, 0.6) is 0 Å². The molecule has 1 aromatic carbocycles. The Balaban J connectivity index is 1.34. The number of β-amino-alcohol motifs (C(OH)–C–C–N with tert-alkyl or cyclic N) is 1. The van der Waals surface area contributed by atoms with E-state index in [0.29, 0.717) is 12.2 Å². The van der Waals surface area contributed by atoms with E-state index in [2.05, 4.69) is 49.6 Å². The van der Waals surface area contributed by atoms with E-state index in [1.807, 2.05) is 32.3 Å². The zero-order chi connectivity index (χ0) is 24.2. The fraction of sp³-hybridized carbons (Fsp3) is 0.429. The molecule has 3 N–H and O–H groups in total. The molecule has 2 aliphatic carbocycles. The number of aromatic nitrogens is 3. The van der Waals surface area contributed by atoms with Crippen LogP contribution in [0.15, 0.2) is 48.6 Å². The van der Waals surface area contributed by atoms with Crippen LogP contribution in [-0.2, 0) is 18.6 Å². The molecule has 2 atom stereocenters. The summed E-state index contributed by atoms with van der Waals surface area (Å²) >= 11 is 4.96. The highest BCUT2D eigenvalue weighted by Crippen LogP contribution is 2.48. The average Bonchev–Trinajstić information content (AvgIpc) is 3.25. The maximum atomic E-state index is 11.4. The Hall–Kier alpha value is -2.45. The van der Waals surface area contributed by atoms with Gasteiger partial charge in [-0.05, 0) is 92.3 Å². The van der Waals surface area contributed by atoms with E-state index >= 15 is 0 Å². The second-order valence-electron chi connectivity index (χ2n) is 10.6. The molecule has 6 rings (SSSR count). The van der Waals surface area contributed by atoms with Gasteiger partial charge in [0.15, 0.2) is 5.72 Å². The molecular formula is C28H33N5OS. The van der Waals surface area contributed by atoms with Crippen LogP contribution >= 0.6 is 12.6 Å². The van der Waals surface area contributed by atoms with Crippen LogP contribution in [0.1, 0.15) is 59.3 Å². The summed E-state index contributed by atoms with van der Waals surface area (Å²) in [6.07, 6.45) is 14.5. The summed E-state index contributed by atoms with van der Waals surface area (Å²) in [4.78, 5) is 8.92. The van der Waals surface area contributed by atoms with Crippen molar-refractivity contribution in [2.24, 2.45) is 0 Å². The number of fused-ring (bicyclic) bond motifs is 1. The summed E-state index contributed by atoms with van der Waals surface area (Å²) in [5, 5.41) is 18.4. The lowest BCUT2D eigenvalue weighted by Gasteiger charge is -2.25. The molecule has 2 aromatic heterocycles. The largest absolute Gasteiger partial charge is 0.369 e. The number of rotatable bonds is 6. The van der Waals surface area contributed by atoms with Gasteiger partial charge in [0.05, 0.1) is 23.9 Å². The van der Waals surface area contributed by atoms with Crippen LogP contribution in [-0.4, -0.2) is 37.1 Å². The van der Waals surface area contributed by atoms with Crippen LogP contribution in [0, 0.1) is 13.8 Å². The monoisotopic (exact) mass is 487 g/mol. The van der Waals surface area contributed by atoms with Crippen LogP contribution in [0.4, 0.5) is 0 Å². The fourth-order valence-corrected chi connectivity index (χ4v) is 5.77. The first-order chi connectivity index (χ1) is 16.8. The first-order valence-corrected chi connectivity index (χ1v) is 13.0. The Morgan fingerprint density at radius 1 is 1.17 bits per heavy atom. The van der Waals surface area contributed by atoms with Gasteiger partial charge in [0.1, 0.15) is 0 Å². The molecule has 3 aromatic rings. The predicted octanol–water partition coefficient (Wildman–Crippen LogP) is 3.97. The van der Waals surface area contributed by atoms with Crippen molar-refractivity contribution in [2.45, 2.75) is 69.0 Å². The summed E-state index contributed by atoms with van der Waals surface area (Å²) in [6.45, 7) is 4.44. The number of aryl methyl sites for hydroxylation is 2. The van der Waals surface area contributed by atoms with Gasteiger partial charge in [-0.3, -0.25) is 15.6 Å². The highest BCUT2D eigenvalue weighted by molar-refractivity contribution is 7.82. The van der Waals surface area contributed by atoms with Gasteiger partial charge in [-0.2, -0.15) is 12.6 Å². The molecule has 0 amide bonds. The molecule has 182 valence electrons. The third-order valence-electron chi connectivity index (χ3n) is 7.64. The highest BCUT2D eigenvalue weighted by atomic mass is 32.1. The van der Waals surface area contributed by atoms with Gasteiger partial charge in [-0.25, -0.2) is 4.98 Å². The molecule has 2 fully saturated rings. The number of imidazole rings is 1. The Bertz CT molecular complexity index is 1290. The molecule has 7 heteroatoms. The quantitative estimate of drug-likeness (QED) is 0.396. The molecule has 3 heterocycles. The van der Waals surface area contributed by atoms with Crippen molar-refractivity contribution in [3.63, 3.8) is 0 Å². The Morgan fingerprint density at radius 2 is 2.00 bits per heavy atom. The molecule has 0 radical (unpaired) electrons. The van der Waals surface area contributed by atoms with E-state index < -0.39 is 5.72 Å². The van der Waals surface area contributed by atoms with Crippen LogP contribution in [0.25, 0.3) is 11.8 Å². The normalized spacial score (nSPS) is 25.1. The molecular weight excluding hydrogens is 454 g/mol. The summed E-state index contributed by atoms with van der Waals surface area (Å²) in [5.41, 5.74) is 8.16. The summed E-state index contributed by atoms with van der Waals surface area (Å²) in [7, 11) is 0. The van der Waals surface area contributed by atoms with Crippen molar-refractivity contribution in [3.05, 3.63) is 82.2 Å². The maximum Gasteiger partial charge on any atom is 0.173 e. The maximum absolute atomic E-state index is 11.4. The van der Waals surface area contributed by atoms with Crippen molar-refractivity contribution in [1.29, 1.82) is 0 Å². The third-order valence-corrected chi connectivity index (χ3v) is 8.24. The average molecular weight is 488 g/mol. The van der Waals surface area contributed by atoms with Crippen molar-refractivity contribution in [3.8, 4) is 5.69 Å². The number of thiol groups is 1. The second kappa shape index (κ2) is 8.59. The Labute approximate surface area is 212 Å². The minimum absolute atomic E-state index is 0.0510. The first-order valence-electron chi connectivity index (χ1n) is 12.6. The lowest BCUT2D eigenvalue weighted by atomic mass is 9.96. The van der Waals surface area contributed by atoms with E-state index in [1.54, 1.807) is 6.20 Å². The zero-order valence-corrected chi connectivity index (χ0v) is 21.3. The molecule has 35 heavy (non-hydrogen) atoms. The lowest BCUT2D eigenvalue weighted by molar-refractivity contribution is 0.0258.